The Morgan fingerprint density at radius 2 is 1.77 bits per heavy atom. The lowest BCUT2D eigenvalue weighted by Gasteiger charge is -2.26. The number of nitrogens with two attached hydrogens (primary N) is 1. The van der Waals surface area contributed by atoms with Gasteiger partial charge in [0.25, 0.3) is 0 Å². The predicted octanol–water partition coefficient (Wildman–Crippen LogP) is 3.81. The normalized spacial score (nSPS) is 12.0. The number of halogens is 4. The number of carbonyl (C=O) groups excluding carboxylic acids is 1. The number of methoxy groups -OCH3 is 1. The highest BCUT2D eigenvalue weighted by Gasteiger charge is 2.31. The van der Waals surface area contributed by atoms with Crippen LogP contribution in [0.25, 0.3) is 0 Å². The van der Waals surface area contributed by atoms with Gasteiger partial charge in [0.2, 0.25) is 0 Å². The number of carbonyl (C=O) groups is 1. The first kappa shape index (κ1) is 28.0. The zero-order valence-electron chi connectivity index (χ0n) is 17.3. The van der Waals surface area contributed by atoms with Crippen molar-refractivity contribution < 1.29 is 32.2 Å². The Hall–Kier alpha value is -1.96. The van der Waals surface area contributed by atoms with Crippen LogP contribution in [-0.2, 0) is 9.47 Å². The topological polar surface area (TPSA) is 98.4 Å². The first-order chi connectivity index (χ1) is 13.4. The van der Waals surface area contributed by atoms with Gasteiger partial charge in [0.15, 0.2) is 5.96 Å². The Balaban J connectivity index is 0.00000841. The molecule has 0 bridgehead atoms. The van der Waals surface area contributed by atoms with Gasteiger partial charge in [0.1, 0.15) is 11.4 Å². The fourth-order valence-electron chi connectivity index (χ4n) is 2.04. The molecule has 0 heterocycles. The summed E-state index contributed by atoms with van der Waals surface area (Å²) in [6.07, 6.45) is -5.24. The molecule has 0 fully saturated rings. The van der Waals surface area contributed by atoms with Crippen molar-refractivity contribution in [3.05, 3.63) is 24.3 Å². The van der Waals surface area contributed by atoms with Crippen LogP contribution < -0.4 is 15.8 Å². The van der Waals surface area contributed by atoms with Gasteiger partial charge < -0.3 is 30.2 Å². The van der Waals surface area contributed by atoms with Gasteiger partial charge >= 0.3 is 12.5 Å². The van der Waals surface area contributed by atoms with Crippen LogP contribution in [0.2, 0.25) is 0 Å². The molecular weight excluding hydrogens is 520 g/mol. The monoisotopic (exact) mass is 548 g/mol. The Bertz CT molecular complexity index is 679. The van der Waals surface area contributed by atoms with E-state index in [1.165, 1.54) is 24.1 Å². The number of amides is 1. The maximum Gasteiger partial charge on any atom is 0.573 e. The molecule has 8 nitrogen and oxygen atoms in total. The van der Waals surface area contributed by atoms with Crippen LogP contribution in [0.4, 0.5) is 23.7 Å². The van der Waals surface area contributed by atoms with Crippen molar-refractivity contribution in [1.29, 1.82) is 0 Å². The number of benzene rings is 1. The fourth-order valence-corrected chi connectivity index (χ4v) is 2.04. The molecular formula is C18H28F3IN4O4. The van der Waals surface area contributed by atoms with Crippen molar-refractivity contribution in [2.45, 2.75) is 32.7 Å². The van der Waals surface area contributed by atoms with Gasteiger partial charge in [0, 0.05) is 25.9 Å². The molecule has 0 unspecified atom stereocenters. The Morgan fingerprint density at radius 1 is 1.17 bits per heavy atom. The molecule has 0 aliphatic carbocycles. The Labute approximate surface area is 190 Å². The molecule has 30 heavy (non-hydrogen) atoms. The van der Waals surface area contributed by atoms with Gasteiger partial charge in [-0.2, -0.15) is 0 Å². The van der Waals surface area contributed by atoms with E-state index in [-0.39, 0.29) is 48.8 Å². The Kier molecular flexibility index (Phi) is 11.8. The fraction of sp³-hybridized carbons (Fsp3) is 0.556. The second-order valence-electron chi connectivity index (χ2n) is 6.92. The molecule has 0 spiro atoms. The molecule has 0 saturated carbocycles. The number of aliphatic imine (C=N–C) groups is 1. The average molecular weight is 548 g/mol. The van der Waals surface area contributed by atoms with Crippen molar-refractivity contribution >= 4 is 41.7 Å². The van der Waals surface area contributed by atoms with Crippen LogP contribution in [0.1, 0.15) is 20.8 Å². The summed E-state index contributed by atoms with van der Waals surface area (Å²) in [5.41, 5.74) is 5.58. The summed E-state index contributed by atoms with van der Waals surface area (Å²) >= 11 is 0. The number of hydrogen-bond acceptors (Lipinski definition) is 5. The molecule has 1 aromatic rings. The third-order valence-corrected chi connectivity index (χ3v) is 3.23. The van der Waals surface area contributed by atoms with Crippen LogP contribution in [0, 0.1) is 0 Å². The smallest absolute Gasteiger partial charge is 0.444 e. The average Bonchev–Trinajstić information content (AvgIpc) is 2.56. The maximum atomic E-state index is 12.2. The number of hydrogen-bond donors (Lipinski definition) is 2. The molecule has 0 atom stereocenters. The molecule has 1 aromatic carbocycles. The van der Waals surface area contributed by atoms with Crippen LogP contribution in [0.5, 0.6) is 5.75 Å². The lowest BCUT2D eigenvalue weighted by Crippen LogP contribution is -2.40. The third-order valence-electron chi connectivity index (χ3n) is 3.23. The summed E-state index contributed by atoms with van der Waals surface area (Å²) in [6.45, 7) is 6.41. The molecule has 1 rings (SSSR count). The highest BCUT2D eigenvalue weighted by atomic mass is 127. The van der Waals surface area contributed by atoms with Gasteiger partial charge in [-0.1, -0.05) is 0 Å². The first-order valence-electron chi connectivity index (χ1n) is 8.79. The largest absolute Gasteiger partial charge is 0.573 e. The van der Waals surface area contributed by atoms with Crippen LogP contribution in [0.15, 0.2) is 29.3 Å². The van der Waals surface area contributed by atoms with E-state index >= 15 is 0 Å². The molecule has 3 N–H and O–H groups in total. The van der Waals surface area contributed by atoms with Gasteiger partial charge in [-0.05, 0) is 45.0 Å². The molecule has 0 aromatic heterocycles. The summed E-state index contributed by atoms with van der Waals surface area (Å²) in [4.78, 5) is 17.8. The SMILES string of the molecule is COCCN(CCN=C(N)Nc1ccc(OC(F)(F)F)cc1)C(=O)OC(C)(C)C.I. The number of nitrogens with one attached hydrogen (secondary N) is 1. The van der Waals surface area contributed by atoms with Gasteiger partial charge in [-0.15, -0.1) is 37.1 Å². The van der Waals surface area contributed by atoms with E-state index in [1.807, 2.05) is 0 Å². The van der Waals surface area contributed by atoms with Gasteiger partial charge in [0.05, 0.1) is 13.2 Å². The number of nitrogens with zero attached hydrogens (tertiary/aromatic N) is 2. The van der Waals surface area contributed by atoms with E-state index in [0.717, 1.165) is 12.1 Å². The number of guanidine groups is 1. The highest BCUT2D eigenvalue weighted by molar-refractivity contribution is 14.0. The second-order valence-corrected chi connectivity index (χ2v) is 6.92. The number of rotatable bonds is 8. The minimum atomic E-state index is -4.75. The third kappa shape index (κ3) is 12.6. The summed E-state index contributed by atoms with van der Waals surface area (Å²) in [5, 5.41) is 2.75. The molecule has 172 valence electrons. The molecule has 12 heteroatoms. The summed E-state index contributed by atoms with van der Waals surface area (Å²) in [6, 6.07) is 5.04. The van der Waals surface area contributed by atoms with Crippen molar-refractivity contribution in [3.63, 3.8) is 0 Å². The quantitative estimate of drug-likeness (QED) is 0.292. The van der Waals surface area contributed by atoms with E-state index < -0.39 is 18.1 Å². The van der Waals surface area contributed by atoms with E-state index in [9.17, 15) is 18.0 Å². The molecule has 1 amide bonds. The van der Waals surface area contributed by atoms with Crippen LogP contribution in [0.3, 0.4) is 0 Å². The maximum absolute atomic E-state index is 12.2. The van der Waals surface area contributed by atoms with Crippen molar-refractivity contribution in [2.75, 3.05) is 38.7 Å². The number of alkyl halides is 3. The summed E-state index contributed by atoms with van der Waals surface area (Å²) in [5.74, 6) is -0.296. The van der Waals surface area contributed by atoms with Crippen molar-refractivity contribution in [2.24, 2.45) is 10.7 Å². The molecule has 0 aliphatic heterocycles. The minimum absolute atomic E-state index is 0. The molecule has 0 radical (unpaired) electrons. The minimum Gasteiger partial charge on any atom is -0.444 e. The van der Waals surface area contributed by atoms with Crippen LogP contribution >= 0.6 is 24.0 Å². The van der Waals surface area contributed by atoms with E-state index in [2.05, 4.69) is 15.0 Å². The number of anilines is 1. The number of ether oxygens (including phenoxy) is 3. The Morgan fingerprint density at radius 3 is 2.27 bits per heavy atom. The second kappa shape index (κ2) is 12.7. The highest BCUT2D eigenvalue weighted by Crippen LogP contribution is 2.23. The van der Waals surface area contributed by atoms with E-state index in [0.29, 0.717) is 18.8 Å². The summed E-state index contributed by atoms with van der Waals surface area (Å²) in [7, 11) is 1.53. The standard InChI is InChI=1S/C18H27F3N4O4.HI/c1-17(2,3)29-16(26)25(11-12-27-4)10-9-23-15(22)24-13-5-7-14(8-6-13)28-18(19,20)21;/h5-8H,9-12H2,1-4H3,(H3,22,23,24);1H. The molecule has 0 aliphatic rings. The van der Waals surface area contributed by atoms with E-state index in [1.54, 1.807) is 20.8 Å². The van der Waals surface area contributed by atoms with Gasteiger partial charge in [-0.25, -0.2) is 4.79 Å². The van der Waals surface area contributed by atoms with Crippen molar-refractivity contribution in [1.82, 2.24) is 4.90 Å². The zero-order valence-corrected chi connectivity index (χ0v) is 19.6. The van der Waals surface area contributed by atoms with Gasteiger partial charge in [-0.3, -0.25) is 4.99 Å². The van der Waals surface area contributed by atoms with Crippen molar-refractivity contribution in [3.8, 4) is 5.75 Å². The van der Waals surface area contributed by atoms with E-state index in [4.69, 9.17) is 15.2 Å². The first-order valence-corrected chi connectivity index (χ1v) is 8.79. The predicted molar refractivity (Wildman–Crippen MR) is 118 cm³/mol. The van der Waals surface area contributed by atoms with Crippen LogP contribution in [-0.4, -0.2) is 62.3 Å². The lowest BCUT2D eigenvalue weighted by molar-refractivity contribution is -0.274. The zero-order chi connectivity index (χ0) is 22.1. The summed E-state index contributed by atoms with van der Waals surface area (Å²) < 4.78 is 50.6. The molecule has 0 saturated heterocycles. The lowest BCUT2D eigenvalue weighted by atomic mass is 10.2.